The van der Waals surface area contributed by atoms with Gasteiger partial charge in [0.05, 0.1) is 44.1 Å². The van der Waals surface area contributed by atoms with Crippen LogP contribution in [0.15, 0.2) is 83.0 Å². The number of amides is 1. The molecule has 0 atom stereocenters. The van der Waals surface area contributed by atoms with Crippen molar-refractivity contribution >= 4 is 39.1 Å². The number of nitrogens with zero attached hydrogens (tertiary/aromatic N) is 3. The molecule has 1 aliphatic rings. The van der Waals surface area contributed by atoms with Crippen molar-refractivity contribution in [3.63, 3.8) is 0 Å². The van der Waals surface area contributed by atoms with Crippen molar-refractivity contribution in [3.8, 4) is 22.8 Å². The Balaban J connectivity index is 1.38. The monoisotopic (exact) mass is 562 g/mol. The van der Waals surface area contributed by atoms with Gasteiger partial charge in [-0.05, 0) is 36.2 Å². The third-order valence-electron chi connectivity index (χ3n) is 6.30. The molecule has 9 nitrogen and oxygen atoms in total. The smallest absolute Gasteiger partial charge is 0.268 e. The fraction of sp³-hybridized carbons (Fsp3) is 0.179. The number of hydrogen-bond acceptors (Lipinski definition) is 8. The first-order chi connectivity index (χ1) is 18.8. The number of benzene rings is 3. The highest BCUT2D eigenvalue weighted by Crippen LogP contribution is 2.43. The number of aromatic nitrogens is 2. The van der Waals surface area contributed by atoms with Crippen molar-refractivity contribution in [3.05, 3.63) is 84.1 Å². The Labute approximate surface area is 231 Å². The van der Waals surface area contributed by atoms with Gasteiger partial charge in [0.2, 0.25) is 5.91 Å². The minimum Gasteiger partial charge on any atom is -0.493 e. The van der Waals surface area contributed by atoms with Gasteiger partial charge in [0, 0.05) is 17.3 Å². The van der Waals surface area contributed by atoms with E-state index in [9.17, 15) is 13.2 Å². The van der Waals surface area contributed by atoms with Crippen LogP contribution in [-0.2, 0) is 21.4 Å². The predicted octanol–water partition coefficient (Wildman–Crippen LogP) is 4.91. The third-order valence-corrected chi connectivity index (χ3v) is 8.93. The zero-order valence-electron chi connectivity index (χ0n) is 21.5. The van der Waals surface area contributed by atoms with Gasteiger partial charge in [-0.2, -0.15) is 0 Å². The molecule has 0 saturated carbocycles. The Hall–Kier alpha value is -4.09. The van der Waals surface area contributed by atoms with Gasteiger partial charge in [-0.15, -0.1) is 0 Å². The number of para-hydroxylation sites is 1. The van der Waals surface area contributed by atoms with Gasteiger partial charge in [0.1, 0.15) is 4.90 Å². The molecule has 1 aliphatic heterocycles. The van der Waals surface area contributed by atoms with E-state index < -0.39 is 10.0 Å². The van der Waals surface area contributed by atoms with E-state index >= 15 is 0 Å². The fourth-order valence-corrected chi connectivity index (χ4v) is 6.46. The molecule has 39 heavy (non-hydrogen) atoms. The predicted molar refractivity (Wildman–Crippen MR) is 151 cm³/mol. The molecule has 4 aromatic rings. The first kappa shape index (κ1) is 26.5. The largest absolute Gasteiger partial charge is 0.493 e. The average molecular weight is 563 g/mol. The molecule has 1 amide bonds. The molecule has 0 unspecified atom stereocenters. The lowest BCUT2D eigenvalue weighted by molar-refractivity contribution is -0.113. The summed E-state index contributed by atoms with van der Waals surface area (Å²) in [5.41, 5.74) is 4.03. The average Bonchev–Trinajstić information content (AvgIpc) is 2.95. The molecule has 0 radical (unpaired) electrons. The molecule has 3 aromatic carbocycles. The van der Waals surface area contributed by atoms with Crippen LogP contribution >= 0.6 is 11.8 Å². The van der Waals surface area contributed by atoms with Gasteiger partial charge < -0.3 is 14.8 Å². The van der Waals surface area contributed by atoms with Crippen LogP contribution in [0.4, 0.5) is 11.4 Å². The summed E-state index contributed by atoms with van der Waals surface area (Å²) in [6.45, 7) is 2.15. The molecule has 0 fully saturated rings. The number of carbonyl (C=O) groups excluding carboxylic acids is 1. The third kappa shape index (κ3) is 5.27. The summed E-state index contributed by atoms with van der Waals surface area (Å²) in [5, 5.41) is 3.11. The molecule has 1 N–H and O–H groups in total. The molecule has 0 bridgehead atoms. The van der Waals surface area contributed by atoms with Crippen molar-refractivity contribution in [2.45, 2.75) is 23.5 Å². The molecule has 5 rings (SSSR count). The van der Waals surface area contributed by atoms with Gasteiger partial charge in [0.15, 0.2) is 16.7 Å². The van der Waals surface area contributed by atoms with Crippen LogP contribution in [0.3, 0.4) is 0 Å². The van der Waals surface area contributed by atoms with E-state index in [0.717, 1.165) is 22.9 Å². The highest BCUT2D eigenvalue weighted by atomic mass is 32.2. The van der Waals surface area contributed by atoms with Crippen LogP contribution in [0, 0.1) is 6.92 Å². The van der Waals surface area contributed by atoms with Crippen molar-refractivity contribution in [2.75, 3.05) is 29.6 Å². The topological polar surface area (TPSA) is 111 Å². The summed E-state index contributed by atoms with van der Waals surface area (Å²) in [6, 6.07) is 20.1. The van der Waals surface area contributed by atoms with E-state index in [0.29, 0.717) is 39.3 Å². The Kier molecular flexibility index (Phi) is 7.45. The van der Waals surface area contributed by atoms with E-state index in [1.54, 1.807) is 30.3 Å². The second-order valence-corrected chi connectivity index (χ2v) is 11.5. The van der Waals surface area contributed by atoms with Crippen molar-refractivity contribution in [1.29, 1.82) is 0 Å². The first-order valence-electron chi connectivity index (χ1n) is 12.0. The quantitative estimate of drug-likeness (QED) is 0.238. The van der Waals surface area contributed by atoms with E-state index in [1.807, 2.05) is 43.3 Å². The van der Waals surface area contributed by atoms with Gasteiger partial charge in [-0.25, -0.2) is 18.4 Å². The van der Waals surface area contributed by atoms with Crippen molar-refractivity contribution in [1.82, 2.24) is 9.97 Å². The minimum absolute atomic E-state index is 0.0287. The number of aryl methyl sites for hydroxylation is 1. The highest BCUT2D eigenvalue weighted by Gasteiger charge is 2.36. The van der Waals surface area contributed by atoms with Gasteiger partial charge in [-0.3, -0.25) is 9.10 Å². The number of thioether (sulfide) groups is 1. The minimum atomic E-state index is -3.91. The lowest BCUT2D eigenvalue weighted by atomic mass is 10.1. The highest BCUT2D eigenvalue weighted by molar-refractivity contribution is 7.99. The van der Waals surface area contributed by atoms with E-state index in [-0.39, 0.29) is 23.1 Å². The number of carbonyl (C=O) groups is 1. The van der Waals surface area contributed by atoms with E-state index in [4.69, 9.17) is 9.47 Å². The molecule has 0 aliphatic carbocycles. The van der Waals surface area contributed by atoms with Crippen LogP contribution in [0.5, 0.6) is 11.5 Å². The van der Waals surface area contributed by atoms with E-state index in [1.165, 1.54) is 24.7 Å². The Morgan fingerprint density at radius 3 is 2.51 bits per heavy atom. The Bertz CT molecular complexity index is 1660. The normalized spacial score (nSPS) is 13.3. The number of anilines is 2. The molecule has 200 valence electrons. The number of rotatable bonds is 8. The van der Waals surface area contributed by atoms with Gasteiger partial charge in [0.25, 0.3) is 10.0 Å². The maximum Gasteiger partial charge on any atom is 0.268 e. The van der Waals surface area contributed by atoms with Crippen LogP contribution < -0.4 is 19.1 Å². The standard InChI is InChI=1S/C28H26N4O5S2/c1-18-8-4-5-9-19(18)16-32-22-11-7-6-10-21(22)27-25(39(32,34)35)15-29-28(31-27)38-17-26(33)30-20-12-13-23(36-2)24(14-20)37-3/h4-15H,16-17H2,1-3H3,(H,30,33). The molecular formula is C28H26N4O5S2. The molecule has 2 heterocycles. The second kappa shape index (κ2) is 11.0. The van der Waals surface area contributed by atoms with Crippen molar-refractivity contribution in [2.24, 2.45) is 0 Å². The summed E-state index contributed by atoms with van der Waals surface area (Å²) in [6.07, 6.45) is 1.33. The van der Waals surface area contributed by atoms with Crippen LogP contribution in [0.25, 0.3) is 11.3 Å². The molecular weight excluding hydrogens is 536 g/mol. The first-order valence-corrected chi connectivity index (χ1v) is 14.4. The maximum absolute atomic E-state index is 13.7. The summed E-state index contributed by atoms with van der Waals surface area (Å²) >= 11 is 1.12. The van der Waals surface area contributed by atoms with Crippen molar-refractivity contribution < 1.29 is 22.7 Å². The molecule has 11 heteroatoms. The summed E-state index contributed by atoms with van der Waals surface area (Å²) < 4.78 is 39.3. The second-order valence-electron chi connectivity index (χ2n) is 8.73. The number of ether oxygens (including phenoxy) is 2. The maximum atomic E-state index is 13.7. The number of fused-ring (bicyclic) bond motifs is 3. The zero-order chi connectivity index (χ0) is 27.6. The van der Waals surface area contributed by atoms with E-state index in [2.05, 4.69) is 15.3 Å². The number of methoxy groups -OCH3 is 2. The van der Waals surface area contributed by atoms with Gasteiger partial charge in [-0.1, -0.05) is 54.2 Å². The SMILES string of the molecule is COc1ccc(NC(=O)CSc2ncc3c(n2)-c2ccccc2N(Cc2ccccc2C)S3(=O)=O)cc1OC. The van der Waals surface area contributed by atoms with Crippen LogP contribution in [0.1, 0.15) is 11.1 Å². The number of hydrogen-bond donors (Lipinski definition) is 1. The lowest BCUT2D eigenvalue weighted by Gasteiger charge is -2.31. The summed E-state index contributed by atoms with van der Waals surface area (Å²) in [5.74, 6) is 0.810. The van der Waals surface area contributed by atoms with Crippen LogP contribution in [-0.4, -0.2) is 44.3 Å². The summed E-state index contributed by atoms with van der Waals surface area (Å²) in [4.78, 5) is 21.5. The zero-order valence-corrected chi connectivity index (χ0v) is 23.2. The number of sulfonamides is 1. The fourth-order valence-electron chi connectivity index (χ4n) is 4.30. The Morgan fingerprint density at radius 1 is 1.00 bits per heavy atom. The van der Waals surface area contributed by atoms with Crippen LogP contribution in [0.2, 0.25) is 0 Å². The molecule has 1 aromatic heterocycles. The molecule has 0 saturated heterocycles. The van der Waals surface area contributed by atoms with Gasteiger partial charge >= 0.3 is 0 Å². The Morgan fingerprint density at radius 2 is 1.74 bits per heavy atom. The number of nitrogens with one attached hydrogen (secondary N) is 1. The lowest BCUT2D eigenvalue weighted by Crippen LogP contribution is -2.34. The summed E-state index contributed by atoms with van der Waals surface area (Å²) in [7, 11) is -0.855. The molecule has 0 spiro atoms.